The molecule has 15 heavy (non-hydrogen) atoms. The molecule has 0 bridgehead atoms. The second kappa shape index (κ2) is 6.11. The molecule has 0 radical (unpaired) electrons. The van der Waals surface area contributed by atoms with E-state index in [-0.39, 0.29) is 18.3 Å². The van der Waals surface area contributed by atoms with Crippen molar-refractivity contribution in [1.82, 2.24) is 0 Å². The lowest BCUT2D eigenvalue weighted by Gasteiger charge is -2.19. The van der Waals surface area contributed by atoms with Crippen molar-refractivity contribution in [3.8, 4) is 0 Å². The van der Waals surface area contributed by atoms with Crippen LogP contribution in [0.1, 0.15) is 27.7 Å². The van der Waals surface area contributed by atoms with E-state index < -0.39 is 14.6 Å². The van der Waals surface area contributed by atoms with Crippen LogP contribution < -0.4 is 0 Å². The summed E-state index contributed by atoms with van der Waals surface area (Å²) >= 11 is 1.59. The molecule has 0 aromatic heterocycles. The zero-order chi connectivity index (χ0) is 12.1. The van der Waals surface area contributed by atoms with Gasteiger partial charge in [0.25, 0.3) is 0 Å². The SMILES string of the molecule is CC(CO)CSCCS(=O)(=O)C(C)(C)C. The summed E-state index contributed by atoms with van der Waals surface area (Å²) in [6.45, 7) is 7.29. The van der Waals surface area contributed by atoms with E-state index in [9.17, 15) is 8.42 Å². The highest BCUT2D eigenvalue weighted by atomic mass is 32.2. The van der Waals surface area contributed by atoms with Crippen LogP contribution in [0.5, 0.6) is 0 Å². The van der Waals surface area contributed by atoms with E-state index in [1.54, 1.807) is 32.5 Å². The standard InChI is InChI=1S/C10H22O3S2/c1-9(7-11)8-14-5-6-15(12,13)10(2,3)4/h9,11H,5-8H2,1-4H3. The molecule has 0 saturated heterocycles. The molecule has 0 amide bonds. The highest BCUT2D eigenvalue weighted by Gasteiger charge is 2.28. The number of aliphatic hydroxyl groups is 1. The summed E-state index contributed by atoms with van der Waals surface area (Å²) in [5.41, 5.74) is 0. The molecule has 0 aromatic rings. The minimum Gasteiger partial charge on any atom is -0.396 e. The summed E-state index contributed by atoms with van der Waals surface area (Å²) in [7, 11) is -2.99. The Hall–Kier alpha value is 0.260. The van der Waals surface area contributed by atoms with Crippen LogP contribution >= 0.6 is 11.8 Å². The normalized spacial score (nSPS) is 15.3. The molecule has 0 spiro atoms. The highest BCUT2D eigenvalue weighted by Crippen LogP contribution is 2.18. The first-order valence-corrected chi connectivity index (χ1v) is 7.92. The zero-order valence-electron chi connectivity index (χ0n) is 9.99. The van der Waals surface area contributed by atoms with E-state index in [2.05, 4.69) is 0 Å². The fraction of sp³-hybridized carbons (Fsp3) is 1.00. The second-order valence-corrected chi connectivity index (χ2v) is 8.81. The molecule has 1 unspecified atom stereocenters. The monoisotopic (exact) mass is 254 g/mol. The van der Waals surface area contributed by atoms with Crippen molar-refractivity contribution in [3.63, 3.8) is 0 Å². The first-order valence-electron chi connectivity index (χ1n) is 5.11. The summed E-state index contributed by atoms with van der Waals surface area (Å²) in [6.07, 6.45) is 0. The number of hydrogen-bond acceptors (Lipinski definition) is 4. The van der Waals surface area contributed by atoms with Crippen LogP contribution in [0.2, 0.25) is 0 Å². The number of sulfone groups is 1. The molecule has 0 aromatic carbocycles. The Kier molecular flexibility index (Phi) is 6.21. The molecular formula is C10H22O3S2. The number of rotatable bonds is 6. The Morgan fingerprint density at radius 3 is 2.27 bits per heavy atom. The van der Waals surface area contributed by atoms with E-state index >= 15 is 0 Å². The fourth-order valence-electron chi connectivity index (χ4n) is 0.812. The summed E-state index contributed by atoms with van der Waals surface area (Å²) in [5, 5.41) is 8.79. The minimum absolute atomic E-state index is 0.166. The van der Waals surface area contributed by atoms with Crippen LogP contribution in [-0.4, -0.2) is 42.1 Å². The average Bonchev–Trinajstić information content (AvgIpc) is 2.10. The molecular weight excluding hydrogens is 232 g/mol. The van der Waals surface area contributed by atoms with Crippen molar-refractivity contribution >= 4 is 21.6 Å². The van der Waals surface area contributed by atoms with E-state index in [0.29, 0.717) is 5.75 Å². The van der Waals surface area contributed by atoms with Gasteiger partial charge in [0.05, 0.1) is 10.5 Å². The van der Waals surface area contributed by atoms with Crippen molar-refractivity contribution in [2.24, 2.45) is 5.92 Å². The number of aliphatic hydroxyl groups excluding tert-OH is 1. The molecule has 0 aliphatic rings. The average molecular weight is 254 g/mol. The highest BCUT2D eigenvalue weighted by molar-refractivity contribution is 8.00. The predicted octanol–water partition coefficient (Wildman–Crippen LogP) is 1.56. The molecule has 3 nitrogen and oxygen atoms in total. The Morgan fingerprint density at radius 2 is 1.87 bits per heavy atom. The molecule has 5 heteroatoms. The maximum Gasteiger partial charge on any atom is 0.155 e. The van der Waals surface area contributed by atoms with E-state index in [4.69, 9.17) is 5.11 Å². The van der Waals surface area contributed by atoms with E-state index in [1.807, 2.05) is 6.92 Å². The zero-order valence-corrected chi connectivity index (χ0v) is 11.6. The van der Waals surface area contributed by atoms with Crippen LogP contribution in [-0.2, 0) is 9.84 Å². The van der Waals surface area contributed by atoms with Gasteiger partial charge in [-0.1, -0.05) is 6.92 Å². The number of thioether (sulfide) groups is 1. The molecule has 92 valence electrons. The van der Waals surface area contributed by atoms with Gasteiger partial charge in [0, 0.05) is 12.4 Å². The Morgan fingerprint density at radius 1 is 1.33 bits per heavy atom. The lowest BCUT2D eigenvalue weighted by Crippen LogP contribution is -2.31. The lowest BCUT2D eigenvalue weighted by molar-refractivity contribution is 0.250. The van der Waals surface area contributed by atoms with Crippen molar-refractivity contribution in [1.29, 1.82) is 0 Å². The third kappa shape index (κ3) is 5.78. The van der Waals surface area contributed by atoms with Gasteiger partial charge in [-0.25, -0.2) is 8.42 Å². The van der Waals surface area contributed by atoms with Crippen LogP contribution in [0, 0.1) is 5.92 Å². The maximum absolute atomic E-state index is 11.7. The quantitative estimate of drug-likeness (QED) is 0.731. The maximum atomic E-state index is 11.7. The van der Waals surface area contributed by atoms with Crippen LogP contribution in [0.3, 0.4) is 0 Å². The molecule has 1 atom stereocenters. The summed E-state index contributed by atoms with van der Waals surface area (Å²) in [4.78, 5) is 0. The second-order valence-electron chi connectivity index (χ2n) is 4.79. The smallest absolute Gasteiger partial charge is 0.155 e. The van der Waals surface area contributed by atoms with Crippen LogP contribution in [0.15, 0.2) is 0 Å². The van der Waals surface area contributed by atoms with Gasteiger partial charge in [-0.3, -0.25) is 0 Å². The van der Waals surface area contributed by atoms with Gasteiger partial charge >= 0.3 is 0 Å². The first kappa shape index (κ1) is 15.3. The topological polar surface area (TPSA) is 54.4 Å². The Balaban J connectivity index is 3.88. The van der Waals surface area contributed by atoms with Crippen molar-refractivity contribution < 1.29 is 13.5 Å². The van der Waals surface area contributed by atoms with E-state index in [0.717, 1.165) is 5.75 Å². The first-order chi connectivity index (χ1) is 6.70. The van der Waals surface area contributed by atoms with Crippen molar-refractivity contribution in [2.75, 3.05) is 23.9 Å². The summed E-state index contributed by atoms with van der Waals surface area (Å²) in [5.74, 6) is 1.90. The molecule has 0 saturated carbocycles. The lowest BCUT2D eigenvalue weighted by atomic mass is 10.2. The fourth-order valence-corrected chi connectivity index (χ4v) is 3.45. The molecule has 0 rings (SSSR count). The van der Waals surface area contributed by atoms with Gasteiger partial charge in [-0.2, -0.15) is 11.8 Å². The van der Waals surface area contributed by atoms with Gasteiger partial charge in [0.1, 0.15) is 0 Å². The molecule has 1 N–H and O–H groups in total. The Labute approximate surface area is 97.6 Å². The Bertz CT molecular complexity index is 265. The third-order valence-electron chi connectivity index (χ3n) is 2.14. The molecule has 0 heterocycles. The van der Waals surface area contributed by atoms with Crippen LogP contribution in [0.25, 0.3) is 0 Å². The van der Waals surface area contributed by atoms with Gasteiger partial charge in [-0.15, -0.1) is 0 Å². The van der Waals surface area contributed by atoms with Crippen molar-refractivity contribution in [2.45, 2.75) is 32.4 Å². The molecule has 0 aliphatic carbocycles. The predicted molar refractivity (Wildman–Crippen MR) is 67.1 cm³/mol. The number of hydrogen-bond donors (Lipinski definition) is 1. The van der Waals surface area contributed by atoms with Gasteiger partial charge in [0.2, 0.25) is 0 Å². The van der Waals surface area contributed by atoms with E-state index in [1.165, 1.54) is 0 Å². The van der Waals surface area contributed by atoms with Crippen LogP contribution in [0.4, 0.5) is 0 Å². The third-order valence-corrected chi connectivity index (χ3v) is 6.31. The largest absolute Gasteiger partial charge is 0.396 e. The van der Waals surface area contributed by atoms with Gasteiger partial charge in [-0.05, 0) is 32.4 Å². The molecule has 0 fully saturated rings. The van der Waals surface area contributed by atoms with Gasteiger partial charge < -0.3 is 5.11 Å². The summed E-state index contributed by atoms with van der Waals surface area (Å²) in [6, 6.07) is 0. The minimum atomic E-state index is -2.99. The van der Waals surface area contributed by atoms with Crippen molar-refractivity contribution in [3.05, 3.63) is 0 Å². The molecule has 0 aliphatic heterocycles. The summed E-state index contributed by atoms with van der Waals surface area (Å²) < 4.78 is 22.8. The van der Waals surface area contributed by atoms with Gasteiger partial charge in [0.15, 0.2) is 9.84 Å².